The molecule has 0 aromatic heterocycles. The maximum Gasteiger partial charge on any atom is 0.276 e. The molecule has 0 radical (unpaired) electrons. The Bertz CT molecular complexity index is 1250. The topological polar surface area (TPSA) is 57.1 Å². The van der Waals surface area contributed by atoms with Gasteiger partial charge >= 0.3 is 0 Å². The number of nitrogens with zero attached hydrogens (tertiary/aromatic N) is 3. The van der Waals surface area contributed by atoms with E-state index in [4.69, 9.17) is 10.1 Å². The second-order valence-corrected chi connectivity index (χ2v) is 7.86. The standard InChI is InChI=1S/C22H18N4OS/c1-2-28-22-24-21(27)19-17-9-5-6-10-18(17)23-20(26(19)25-22)16-12-11-14-7-3-4-8-15(14)13-16/h3-13,20H,2H2,1H3,(H,24,25,27). The number of hydrogen-bond acceptors (Lipinski definition) is 5. The van der Waals surface area contributed by atoms with Crippen LogP contribution in [0.5, 0.6) is 0 Å². The van der Waals surface area contributed by atoms with E-state index in [1.807, 2.05) is 43.3 Å². The molecule has 0 spiro atoms. The number of hydrazone groups is 1. The first-order valence-electron chi connectivity index (χ1n) is 9.22. The molecule has 0 aliphatic carbocycles. The van der Waals surface area contributed by atoms with E-state index < -0.39 is 0 Å². The van der Waals surface area contributed by atoms with Crippen LogP contribution in [0.3, 0.4) is 0 Å². The molecule has 2 heterocycles. The van der Waals surface area contributed by atoms with Crippen molar-refractivity contribution in [3.8, 4) is 0 Å². The molecule has 1 atom stereocenters. The van der Waals surface area contributed by atoms with Gasteiger partial charge in [-0.1, -0.05) is 73.3 Å². The number of amides is 1. The molecule has 2 aliphatic rings. The normalized spacial score (nSPS) is 18.1. The average molecular weight is 386 g/mol. The second-order valence-electron chi connectivity index (χ2n) is 6.61. The van der Waals surface area contributed by atoms with Gasteiger partial charge in [0.15, 0.2) is 11.3 Å². The Hall–Kier alpha value is -3.12. The number of hydrogen-bond donors (Lipinski definition) is 1. The number of fused-ring (bicyclic) bond motifs is 3. The van der Waals surface area contributed by atoms with Gasteiger partial charge < -0.3 is 0 Å². The summed E-state index contributed by atoms with van der Waals surface area (Å²) in [5.41, 5.74) is 1.55. The molecule has 0 saturated heterocycles. The van der Waals surface area contributed by atoms with E-state index in [-0.39, 0.29) is 12.1 Å². The first kappa shape index (κ1) is 17.0. The van der Waals surface area contributed by atoms with E-state index in [0.29, 0.717) is 10.9 Å². The minimum atomic E-state index is -0.381. The quantitative estimate of drug-likeness (QED) is 0.737. The lowest BCUT2D eigenvalue weighted by Crippen LogP contribution is -2.50. The van der Waals surface area contributed by atoms with Crippen LogP contribution in [0.25, 0.3) is 16.5 Å². The molecule has 0 saturated carbocycles. The maximum absolute atomic E-state index is 12.9. The number of rotatable bonds is 2. The SMILES string of the molecule is CCSC1=NN2C(=c3ccccc3=NC2c2ccc3ccccc3c2)C(=O)N1. The molecular formula is C22H18N4OS. The van der Waals surface area contributed by atoms with Crippen molar-refractivity contribution in [3.05, 3.63) is 82.9 Å². The highest BCUT2D eigenvalue weighted by Crippen LogP contribution is 2.32. The van der Waals surface area contributed by atoms with Gasteiger partial charge in [-0.15, -0.1) is 5.10 Å². The molecule has 1 unspecified atom stereocenters. The zero-order valence-corrected chi connectivity index (χ0v) is 16.1. The van der Waals surface area contributed by atoms with Crippen molar-refractivity contribution in [2.24, 2.45) is 10.1 Å². The van der Waals surface area contributed by atoms with Gasteiger partial charge in [-0.3, -0.25) is 15.1 Å². The lowest BCUT2D eigenvalue weighted by atomic mass is 10.0. The van der Waals surface area contributed by atoms with E-state index in [2.05, 4.69) is 35.6 Å². The molecule has 0 fully saturated rings. The Morgan fingerprint density at radius 3 is 2.68 bits per heavy atom. The molecule has 28 heavy (non-hydrogen) atoms. The summed E-state index contributed by atoms with van der Waals surface area (Å²) in [4.78, 5) is 17.9. The summed E-state index contributed by atoms with van der Waals surface area (Å²) in [5.74, 6) is 0.690. The largest absolute Gasteiger partial charge is 0.298 e. The highest BCUT2D eigenvalue weighted by atomic mass is 32.2. The van der Waals surface area contributed by atoms with Crippen LogP contribution in [-0.2, 0) is 4.79 Å². The van der Waals surface area contributed by atoms with E-state index in [1.54, 1.807) is 5.01 Å². The van der Waals surface area contributed by atoms with Crippen molar-refractivity contribution in [2.45, 2.75) is 13.1 Å². The summed E-state index contributed by atoms with van der Waals surface area (Å²) >= 11 is 1.51. The van der Waals surface area contributed by atoms with E-state index in [9.17, 15) is 4.79 Å². The van der Waals surface area contributed by atoms with Crippen molar-refractivity contribution in [2.75, 3.05) is 5.75 Å². The lowest BCUT2D eigenvalue weighted by molar-refractivity contribution is -0.116. The van der Waals surface area contributed by atoms with Crippen LogP contribution in [0.15, 0.2) is 76.8 Å². The number of benzene rings is 3. The Labute approximate surface area is 166 Å². The predicted molar refractivity (Wildman–Crippen MR) is 113 cm³/mol. The smallest absolute Gasteiger partial charge is 0.276 e. The molecule has 6 heteroatoms. The number of amidine groups is 1. The third kappa shape index (κ3) is 2.77. The number of nitrogens with one attached hydrogen (secondary N) is 1. The number of carbonyl (C=O) groups excluding carboxylic acids is 1. The van der Waals surface area contributed by atoms with Gasteiger partial charge in [-0.25, -0.2) is 5.01 Å². The van der Waals surface area contributed by atoms with Crippen LogP contribution >= 0.6 is 11.8 Å². The second kappa shape index (κ2) is 6.80. The fourth-order valence-corrected chi connectivity index (χ4v) is 4.20. The van der Waals surface area contributed by atoms with Crippen molar-refractivity contribution >= 4 is 39.3 Å². The molecule has 5 nitrogen and oxygen atoms in total. The zero-order chi connectivity index (χ0) is 19.1. The summed E-state index contributed by atoms with van der Waals surface area (Å²) < 4.78 is 0. The molecule has 5 rings (SSSR count). The zero-order valence-electron chi connectivity index (χ0n) is 15.3. The fourth-order valence-electron chi connectivity index (χ4n) is 3.61. The van der Waals surface area contributed by atoms with Crippen molar-refractivity contribution in [1.82, 2.24) is 10.3 Å². The summed E-state index contributed by atoms with van der Waals surface area (Å²) in [7, 11) is 0. The van der Waals surface area contributed by atoms with E-state index >= 15 is 0 Å². The Morgan fingerprint density at radius 2 is 1.82 bits per heavy atom. The van der Waals surface area contributed by atoms with Crippen LogP contribution in [0.4, 0.5) is 0 Å². The molecule has 138 valence electrons. The number of thioether (sulfide) groups is 1. The van der Waals surface area contributed by atoms with Crippen molar-refractivity contribution in [3.63, 3.8) is 0 Å². The fraction of sp³-hybridized carbons (Fsp3) is 0.136. The monoisotopic (exact) mass is 386 g/mol. The molecule has 3 aromatic carbocycles. The molecule has 1 amide bonds. The predicted octanol–water partition coefficient (Wildman–Crippen LogP) is 2.74. The van der Waals surface area contributed by atoms with E-state index in [1.165, 1.54) is 17.1 Å². The first-order valence-corrected chi connectivity index (χ1v) is 10.2. The van der Waals surface area contributed by atoms with Crippen LogP contribution in [0.1, 0.15) is 18.7 Å². The van der Waals surface area contributed by atoms with Gasteiger partial charge in [0.1, 0.15) is 5.70 Å². The maximum atomic E-state index is 12.9. The third-order valence-electron chi connectivity index (χ3n) is 4.87. The number of carbonyl (C=O) groups is 1. The average Bonchev–Trinajstić information content (AvgIpc) is 2.73. The van der Waals surface area contributed by atoms with Crippen molar-refractivity contribution in [1.29, 1.82) is 0 Å². The van der Waals surface area contributed by atoms with Crippen LogP contribution in [0.2, 0.25) is 0 Å². The molecule has 0 bridgehead atoms. The van der Waals surface area contributed by atoms with Gasteiger partial charge in [-0.05, 0) is 34.2 Å². The summed E-state index contributed by atoms with van der Waals surface area (Å²) in [6, 6.07) is 22.3. The van der Waals surface area contributed by atoms with Gasteiger partial charge in [-0.2, -0.15) is 0 Å². The Morgan fingerprint density at radius 1 is 1.04 bits per heavy atom. The van der Waals surface area contributed by atoms with E-state index in [0.717, 1.165) is 27.3 Å². The molecule has 1 N–H and O–H groups in total. The Kier molecular flexibility index (Phi) is 4.13. The first-order chi connectivity index (χ1) is 13.7. The highest BCUT2D eigenvalue weighted by Gasteiger charge is 2.34. The minimum absolute atomic E-state index is 0.140. The van der Waals surface area contributed by atoms with Gasteiger partial charge in [0.25, 0.3) is 5.91 Å². The van der Waals surface area contributed by atoms with Crippen LogP contribution in [-0.4, -0.2) is 21.8 Å². The number of para-hydroxylation sites is 1. The van der Waals surface area contributed by atoms with Gasteiger partial charge in [0, 0.05) is 5.22 Å². The summed E-state index contributed by atoms with van der Waals surface area (Å²) in [6.45, 7) is 2.04. The molecule has 3 aromatic rings. The third-order valence-corrected chi connectivity index (χ3v) is 5.61. The van der Waals surface area contributed by atoms with Crippen molar-refractivity contribution < 1.29 is 4.79 Å². The van der Waals surface area contributed by atoms with Crippen LogP contribution in [0, 0.1) is 0 Å². The molecule has 2 aliphatic heterocycles. The van der Waals surface area contributed by atoms with Crippen LogP contribution < -0.4 is 15.9 Å². The highest BCUT2D eigenvalue weighted by molar-refractivity contribution is 8.13. The molecular weight excluding hydrogens is 368 g/mol. The van der Waals surface area contributed by atoms with Gasteiger partial charge in [0.2, 0.25) is 0 Å². The summed E-state index contributed by atoms with van der Waals surface area (Å²) in [5, 5.41) is 14.0. The lowest BCUT2D eigenvalue weighted by Gasteiger charge is -2.34. The minimum Gasteiger partial charge on any atom is -0.298 e. The Balaban J connectivity index is 1.73. The summed E-state index contributed by atoms with van der Waals surface area (Å²) in [6.07, 6.45) is -0.381. The van der Waals surface area contributed by atoms with Gasteiger partial charge in [0.05, 0.1) is 5.36 Å².